The van der Waals surface area contributed by atoms with Gasteiger partial charge in [0.1, 0.15) is 0 Å². The normalized spacial score (nSPS) is 13.2. The first-order valence-electron chi connectivity index (χ1n) is 15.6. The van der Waals surface area contributed by atoms with Crippen molar-refractivity contribution in [1.82, 2.24) is 15.0 Å². The van der Waals surface area contributed by atoms with Gasteiger partial charge in [0.25, 0.3) is 0 Å². The van der Waals surface area contributed by atoms with E-state index in [9.17, 15) is 0 Å². The molecule has 6 aromatic carbocycles. The molecule has 0 fully saturated rings. The van der Waals surface area contributed by atoms with Crippen molar-refractivity contribution >= 4 is 33.8 Å². The summed E-state index contributed by atoms with van der Waals surface area (Å²) in [7, 11) is 0. The van der Waals surface area contributed by atoms with E-state index >= 15 is 0 Å². The van der Waals surface area contributed by atoms with Gasteiger partial charge in [0.15, 0.2) is 0 Å². The second kappa shape index (κ2) is 10.5. The maximum atomic E-state index is 5.14. The van der Waals surface area contributed by atoms with E-state index in [1.54, 1.807) is 0 Å². The fraction of sp³-hybridized carbons (Fsp3) is 0.0714. The van der Waals surface area contributed by atoms with Crippen LogP contribution in [0.15, 0.2) is 140 Å². The van der Waals surface area contributed by atoms with E-state index in [1.165, 1.54) is 52.7 Å². The van der Waals surface area contributed by atoms with Crippen molar-refractivity contribution in [2.24, 2.45) is 0 Å². The van der Waals surface area contributed by atoms with Crippen molar-refractivity contribution in [3.05, 3.63) is 151 Å². The third-order valence-corrected chi connectivity index (χ3v) is 11.7. The molecule has 0 radical (unpaired) electrons. The molecular formula is C42H29N3Se. The first-order chi connectivity index (χ1) is 22.5. The van der Waals surface area contributed by atoms with Gasteiger partial charge in [0.2, 0.25) is 0 Å². The minimum absolute atomic E-state index is 0.0476. The van der Waals surface area contributed by atoms with Crippen LogP contribution in [-0.4, -0.2) is 29.5 Å². The van der Waals surface area contributed by atoms with Gasteiger partial charge in [-0.2, -0.15) is 0 Å². The molecule has 9 rings (SSSR count). The van der Waals surface area contributed by atoms with Gasteiger partial charge in [-0.15, -0.1) is 0 Å². The van der Waals surface area contributed by atoms with Crippen molar-refractivity contribution in [3.63, 3.8) is 0 Å². The Hall–Kier alpha value is -5.15. The minimum atomic E-state index is -0.0476. The van der Waals surface area contributed by atoms with E-state index in [4.69, 9.17) is 15.0 Å². The average Bonchev–Trinajstić information content (AvgIpc) is 3.60. The fourth-order valence-electron chi connectivity index (χ4n) is 7.03. The molecule has 0 amide bonds. The van der Waals surface area contributed by atoms with Crippen LogP contribution in [0, 0.1) is 0 Å². The van der Waals surface area contributed by atoms with E-state index in [-0.39, 0.29) is 19.9 Å². The van der Waals surface area contributed by atoms with E-state index < -0.39 is 0 Å². The van der Waals surface area contributed by atoms with Crippen LogP contribution < -0.4 is 0 Å². The fourth-order valence-corrected chi connectivity index (χ4v) is 9.49. The third kappa shape index (κ3) is 4.29. The van der Waals surface area contributed by atoms with Crippen molar-refractivity contribution in [3.8, 4) is 56.4 Å². The Morgan fingerprint density at radius 3 is 1.78 bits per heavy atom. The summed E-state index contributed by atoms with van der Waals surface area (Å²) in [6.07, 6.45) is 0. The van der Waals surface area contributed by atoms with E-state index in [1.807, 2.05) is 18.2 Å². The van der Waals surface area contributed by atoms with Gasteiger partial charge in [0, 0.05) is 0 Å². The summed E-state index contributed by atoms with van der Waals surface area (Å²) < 4.78 is 2.78. The Morgan fingerprint density at radius 1 is 0.435 bits per heavy atom. The molecule has 8 aromatic rings. The predicted octanol–water partition coefficient (Wildman–Crippen LogP) is 10.2. The van der Waals surface area contributed by atoms with Crippen LogP contribution in [0.1, 0.15) is 25.0 Å². The Morgan fingerprint density at radius 2 is 1.02 bits per heavy atom. The molecule has 0 unspecified atom stereocenters. The molecule has 0 aliphatic heterocycles. The first kappa shape index (κ1) is 27.2. The van der Waals surface area contributed by atoms with Crippen LogP contribution in [0.5, 0.6) is 0 Å². The number of hydrogen-bond donors (Lipinski definition) is 0. The molecule has 0 N–H and O–H groups in total. The first-order valence-corrected chi connectivity index (χ1v) is 17.3. The van der Waals surface area contributed by atoms with Crippen molar-refractivity contribution in [2.45, 2.75) is 19.3 Å². The van der Waals surface area contributed by atoms with E-state index in [0.717, 1.165) is 16.7 Å². The zero-order valence-corrected chi connectivity index (χ0v) is 27.2. The standard InChI is InChI=1S/C42H29N3Se/c1-42(2)34-18-10-9-16-31(34)33-24-28(21-23-35(33)42)40-43-39(27-14-7-4-8-15-27)44-41(45-40)29-20-22-32-37(25-29)46-36-19-11-17-30(38(32)36)26-12-5-3-6-13-26/h3-25H,1-2H3. The van der Waals surface area contributed by atoms with Crippen LogP contribution in [-0.2, 0) is 5.41 Å². The SMILES string of the molecule is CC1(C)c2ccccc2-c2cc(-c3nc(-c4ccccc4)nc(-c4ccc5c(c4)[se]c4cccc(-c6ccccc6)c45)n3)ccc21. The maximum absolute atomic E-state index is 5.14. The number of aromatic nitrogens is 3. The Balaban J connectivity index is 1.21. The van der Waals surface area contributed by atoms with Crippen LogP contribution in [0.2, 0.25) is 0 Å². The average molecular weight is 655 g/mol. The summed E-state index contributed by atoms with van der Waals surface area (Å²) in [6, 6.07) is 49.8. The summed E-state index contributed by atoms with van der Waals surface area (Å²) in [6.45, 7) is 4.62. The molecule has 3 nitrogen and oxygen atoms in total. The number of benzene rings is 6. The molecule has 0 atom stereocenters. The van der Waals surface area contributed by atoms with Crippen LogP contribution >= 0.6 is 0 Å². The topological polar surface area (TPSA) is 38.7 Å². The Kier molecular flexibility index (Phi) is 6.18. The number of rotatable bonds is 4. The van der Waals surface area contributed by atoms with Crippen molar-refractivity contribution < 1.29 is 0 Å². The van der Waals surface area contributed by atoms with Gasteiger partial charge < -0.3 is 0 Å². The molecule has 218 valence electrons. The summed E-state index contributed by atoms with van der Waals surface area (Å²) in [4.78, 5) is 15.2. The van der Waals surface area contributed by atoms with Gasteiger partial charge in [-0.05, 0) is 0 Å². The Labute approximate surface area is 274 Å². The summed E-state index contributed by atoms with van der Waals surface area (Å²) in [5, 5.41) is 2.67. The van der Waals surface area contributed by atoms with Crippen LogP contribution in [0.25, 0.3) is 75.7 Å². The molecule has 46 heavy (non-hydrogen) atoms. The number of nitrogens with zero attached hydrogens (tertiary/aromatic N) is 3. The molecular weight excluding hydrogens is 625 g/mol. The molecule has 4 heteroatoms. The Bertz CT molecular complexity index is 2440. The molecule has 2 aromatic heterocycles. The molecule has 1 aliphatic carbocycles. The second-order valence-electron chi connectivity index (χ2n) is 12.5. The van der Waals surface area contributed by atoms with Gasteiger partial charge >= 0.3 is 269 Å². The monoisotopic (exact) mass is 655 g/mol. The quantitative estimate of drug-likeness (QED) is 0.177. The summed E-state index contributed by atoms with van der Waals surface area (Å²) in [5.74, 6) is 2.07. The van der Waals surface area contributed by atoms with Crippen molar-refractivity contribution in [1.29, 1.82) is 0 Å². The third-order valence-electron chi connectivity index (χ3n) is 9.35. The molecule has 2 heterocycles. The predicted molar refractivity (Wildman–Crippen MR) is 191 cm³/mol. The van der Waals surface area contributed by atoms with Crippen LogP contribution in [0.4, 0.5) is 0 Å². The summed E-state index contributed by atoms with van der Waals surface area (Å²) in [5.41, 5.74) is 10.7. The number of fused-ring (bicyclic) bond motifs is 6. The van der Waals surface area contributed by atoms with Crippen molar-refractivity contribution in [2.75, 3.05) is 0 Å². The molecule has 1 aliphatic rings. The summed E-state index contributed by atoms with van der Waals surface area (Å²) >= 11 is 0.198. The van der Waals surface area contributed by atoms with Gasteiger partial charge in [-0.3, -0.25) is 0 Å². The van der Waals surface area contributed by atoms with E-state index in [2.05, 4.69) is 135 Å². The molecule has 0 spiro atoms. The van der Waals surface area contributed by atoms with Crippen LogP contribution in [0.3, 0.4) is 0 Å². The van der Waals surface area contributed by atoms with Gasteiger partial charge in [0.05, 0.1) is 0 Å². The molecule has 0 saturated carbocycles. The zero-order chi connectivity index (χ0) is 30.8. The molecule has 0 saturated heterocycles. The molecule has 0 bridgehead atoms. The second-order valence-corrected chi connectivity index (χ2v) is 14.7. The van der Waals surface area contributed by atoms with Gasteiger partial charge in [-0.25, -0.2) is 0 Å². The van der Waals surface area contributed by atoms with Gasteiger partial charge in [-0.1, -0.05) is 6.07 Å². The number of hydrogen-bond acceptors (Lipinski definition) is 3. The zero-order valence-electron chi connectivity index (χ0n) is 25.5. The van der Waals surface area contributed by atoms with E-state index in [0.29, 0.717) is 17.5 Å².